The van der Waals surface area contributed by atoms with Gasteiger partial charge in [-0.2, -0.15) is 0 Å². The van der Waals surface area contributed by atoms with Crippen LogP contribution in [0.25, 0.3) is 6.08 Å². The quantitative estimate of drug-likeness (QED) is 0.501. The van der Waals surface area contributed by atoms with Gasteiger partial charge in [0.05, 0.1) is 0 Å². The molecule has 5 heteroatoms. The molecule has 0 fully saturated rings. The van der Waals surface area contributed by atoms with Gasteiger partial charge in [-0.1, -0.05) is 65.7 Å². The summed E-state index contributed by atoms with van der Waals surface area (Å²) < 4.78 is 5.75. The average Bonchev–Trinajstić information content (AvgIpc) is 2.65. The highest BCUT2D eigenvalue weighted by molar-refractivity contribution is 6.35. The fourth-order valence-corrected chi connectivity index (χ4v) is 2.92. The second kappa shape index (κ2) is 9.26. The zero-order valence-electron chi connectivity index (χ0n) is 14.4. The van der Waals surface area contributed by atoms with Gasteiger partial charge < -0.3 is 10.1 Å². The van der Waals surface area contributed by atoms with E-state index >= 15 is 0 Å². The standard InChI is InChI=1S/C22H17Cl2NO2/c23-18-12-19(24)14-20(13-18)25-22(26)11-8-16-6-9-21(10-7-16)27-15-17-4-2-1-3-5-17/h1-14H,15H2,(H,25,26). The molecule has 0 spiro atoms. The Bertz CT molecular complexity index is 918. The maximum atomic E-state index is 12.0. The number of carbonyl (C=O) groups is 1. The Labute approximate surface area is 168 Å². The van der Waals surface area contributed by atoms with E-state index in [9.17, 15) is 4.79 Å². The highest BCUT2D eigenvalue weighted by Crippen LogP contribution is 2.22. The van der Waals surface area contributed by atoms with Gasteiger partial charge in [-0.05, 0) is 47.5 Å². The highest BCUT2D eigenvalue weighted by atomic mass is 35.5. The second-order valence-electron chi connectivity index (χ2n) is 5.82. The van der Waals surface area contributed by atoms with E-state index in [2.05, 4.69) is 5.32 Å². The third-order valence-electron chi connectivity index (χ3n) is 3.69. The third-order valence-corrected chi connectivity index (χ3v) is 4.12. The molecular formula is C22H17Cl2NO2. The van der Waals surface area contributed by atoms with Crippen molar-refractivity contribution in [1.29, 1.82) is 0 Å². The molecule has 136 valence electrons. The summed E-state index contributed by atoms with van der Waals surface area (Å²) in [5.74, 6) is 0.506. The van der Waals surface area contributed by atoms with Gasteiger partial charge >= 0.3 is 0 Å². The van der Waals surface area contributed by atoms with Crippen LogP contribution in [0.4, 0.5) is 5.69 Å². The first-order chi connectivity index (χ1) is 13.1. The van der Waals surface area contributed by atoms with Gasteiger partial charge in [0.1, 0.15) is 12.4 Å². The van der Waals surface area contributed by atoms with E-state index in [1.165, 1.54) is 6.08 Å². The van der Waals surface area contributed by atoms with Crippen molar-refractivity contribution in [1.82, 2.24) is 0 Å². The van der Waals surface area contributed by atoms with Gasteiger partial charge in [0.15, 0.2) is 0 Å². The van der Waals surface area contributed by atoms with Gasteiger partial charge in [-0.3, -0.25) is 4.79 Å². The fourth-order valence-electron chi connectivity index (χ4n) is 2.40. The molecule has 3 aromatic carbocycles. The van der Waals surface area contributed by atoms with Crippen LogP contribution in [0.15, 0.2) is 78.9 Å². The topological polar surface area (TPSA) is 38.3 Å². The van der Waals surface area contributed by atoms with Gasteiger partial charge in [-0.25, -0.2) is 0 Å². The SMILES string of the molecule is O=C(C=Cc1ccc(OCc2ccccc2)cc1)Nc1cc(Cl)cc(Cl)c1. The summed E-state index contributed by atoms with van der Waals surface area (Å²) in [6.45, 7) is 0.515. The number of benzene rings is 3. The molecule has 27 heavy (non-hydrogen) atoms. The van der Waals surface area contributed by atoms with Crippen LogP contribution in [0.3, 0.4) is 0 Å². The summed E-state index contributed by atoms with van der Waals surface area (Å²) in [6.07, 6.45) is 3.18. The van der Waals surface area contributed by atoms with Crippen LogP contribution in [0, 0.1) is 0 Å². The average molecular weight is 398 g/mol. The highest BCUT2D eigenvalue weighted by Gasteiger charge is 2.02. The summed E-state index contributed by atoms with van der Waals surface area (Å²) in [4.78, 5) is 12.0. The number of ether oxygens (including phenoxy) is 1. The lowest BCUT2D eigenvalue weighted by molar-refractivity contribution is -0.111. The zero-order chi connectivity index (χ0) is 19.1. The van der Waals surface area contributed by atoms with Crippen LogP contribution in [0.1, 0.15) is 11.1 Å². The molecule has 0 atom stereocenters. The molecule has 0 unspecified atom stereocenters. The van der Waals surface area contributed by atoms with Gasteiger partial charge in [-0.15, -0.1) is 0 Å². The molecule has 0 aliphatic heterocycles. The van der Waals surface area contributed by atoms with Crippen molar-refractivity contribution in [2.24, 2.45) is 0 Å². The maximum Gasteiger partial charge on any atom is 0.248 e. The van der Waals surface area contributed by atoms with Crippen LogP contribution >= 0.6 is 23.2 Å². The number of anilines is 1. The number of hydrogen-bond donors (Lipinski definition) is 1. The van der Waals surface area contributed by atoms with E-state index < -0.39 is 0 Å². The molecule has 0 aromatic heterocycles. The molecule has 0 saturated carbocycles. The molecule has 0 heterocycles. The van der Waals surface area contributed by atoms with E-state index in [0.29, 0.717) is 22.3 Å². The summed E-state index contributed by atoms with van der Waals surface area (Å²) in [7, 11) is 0. The fraction of sp³-hybridized carbons (Fsp3) is 0.0455. The maximum absolute atomic E-state index is 12.0. The van der Waals surface area contributed by atoms with E-state index in [4.69, 9.17) is 27.9 Å². The molecule has 0 bridgehead atoms. The number of amides is 1. The number of halogens is 2. The van der Waals surface area contributed by atoms with Crippen molar-refractivity contribution < 1.29 is 9.53 Å². The largest absolute Gasteiger partial charge is 0.489 e. The van der Waals surface area contributed by atoms with E-state index in [1.807, 2.05) is 54.6 Å². The van der Waals surface area contributed by atoms with Crippen LogP contribution in [0.2, 0.25) is 10.0 Å². The number of carbonyl (C=O) groups excluding carboxylic acids is 1. The Balaban J connectivity index is 1.54. The molecule has 0 radical (unpaired) electrons. The minimum Gasteiger partial charge on any atom is -0.489 e. The Morgan fingerprint density at radius 3 is 2.26 bits per heavy atom. The van der Waals surface area contributed by atoms with Crippen LogP contribution in [-0.4, -0.2) is 5.91 Å². The number of hydrogen-bond acceptors (Lipinski definition) is 2. The second-order valence-corrected chi connectivity index (χ2v) is 6.70. The molecule has 3 rings (SSSR count). The van der Waals surface area contributed by atoms with E-state index in [-0.39, 0.29) is 5.91 Å². The molecule has 1 N–H and O–H groups in total. The first kappa shape index (κ1) is 19.0. The Hall–Kier alpha value is -2.75. The first-order valence-electron chi connectivity index (χ1n) is 8.30. The van der Waals surface area contributed by atoms with Crippen molar-refractivity contribution in [2.45, 2.75) is 6.61 Å². The third kappa shape index (κ3) is 6.17. The van der Waals surface area contributed by atoms with E-state index in [1.54, 1.807) is 24.3 Å². The summed E-state index contributed by atoms with van der Waals surface area (Å²) in [5, 5.41) is 3.66. The van der Waals surface area contributed by atoms with Crippen molar-refractivity contribution in [2.75, 3.05) is 5.32 Å². The number of rotatable bonds is 6. The molecule has 0 aliphatic rings. The van der Waals surface area contributed by atoms with Crippen LogP contribution in [0.5, 0.6) is 5.75 Å². The first-order valence-corrected chi connectivity index (χ1v) is 9.06. The van der Waals surface area contributed by atoms with E-state index in [0.717, 1.165) is 16.9 Å². The molecular weight excluding hydrogens is 381 g/mol. The summed E-state index contributed by atoms with van der Waals surface area (Å²) >= 11 is 11.8. The molecule has 1 amide bonds. The van der Waals surface area contributed by atoms with Gasteiger partial charge in [0.2, 0.25) is 5.91 Å². The van der Waals surface area contributed by atoms with Crippen molar-refractivity contribution in [3.8, 4) is 5.75 Å². The summed E-state index contributed by atoms with van der Waals surface area (Å²) in [6, 6.07) is 22.4. The zero-order valence-corrected chi connectivity index (χ0v) is 15.9. The smallest absolute Gasteiger partial charge is 0.248 e. The Kier molecular flexibility index (Phi) is 6.53. The lowest BCUT2D eigenvalue weighted by Gasteiger charge is -2.06. The summed E-state index contributed by atoms with van der Waals surface area (Å²) in [5.41, 5.74) is 2.55. The minimum atomic E-state index is -0.266. The van der Waals surface area contributed by atoms with Crippen LogP contribution in [-0.2, 0) is 11.4 Å². The van der Waals surface area contributed by atoms with Gasteiger partial charge in [0, 0.05) is 21.8 Å². The van der Waals surface area contributed by atoms with Crippen LogP contribution < -0.4 is 10.1 Å². The molecule has 0 saturated heterocycles. The lowest BCUT2D eigenvalue weighted by Crippen LogP contribution is -2.07. The predicted molar refractivity (Wildman–Crippen MR) is 111 cm³/mol. The number of nitrogens with one attached hydrogen (secondary N) is 1. The predicted octanol–water partition coefficient (Wildman–Crippen LogP) is 6.22. The van der Waals surface area contributed by atoms with Crippen molar-refractivity contribution in [3.05, 3.63) is 100 Å². The monoisotopic (exact) mass is 397 g/mol. The molecule has 0 aliphatic carbocycles. The Morgan fingerprint density at radius 1 is 0.926 bits per heavy atom. The lowest BCUT2D eigenvalue weighted by atomic mass is 10.2. The molecule has 3 nitrogen and oxygen atoms in total. The van der Waals surface area contributed by atoms with Crippen molar-refractivity contribution >= 4 is 40.9 Å². The molecule has 3 aromatic rings. The van der Waals surface area contributed by atoms with Gasteiger partial charge in [0.25, 0.3) is 0 Å². The van der Waals surface area contributed by atoms with Crippen molar-refractivity contribution in [3.63, 3.8) is 0 Å². The minimum absolute atomic E-state index is 0.266. The normalized spacial score (nSPS) is 10.7. The Morgan fingerprint density at radius 2 is 1.59 bits per heavy atom.